The van der Waals surface area contributed by atoms with E-state index in [2.05, 4.69) is 30.3 Å². The van der Waals surface area contributed by atoms with Gasteiger partial charge in [0.25, 0.3) is 0 Å². The first kappa shape index (κ1) is 21.9. The van der Waals surface area contributed by atoms with Crippen molar-refractivity contribution in [2.75, 3.05) is 37.4 Å². The number of ether oxygens (including phenoxy) is 1. The Kier molecular flexibility index (Phi) is 5.56. The highest BCUT2D eigenvalue weighted by Gasteiger charge is 2.35. The molecule has 0 radical (unpaired) electrons. The van der Waals surface area contributed by atoms with Gasteiger partial charge in [-0.2, -0.15) is 5.10 Å². The highest BCUT2D eigenvalue weighted by atomic mass is 16.5. The molecule has 2 aliphatic rings. The third kappa shape index (κ3) is 4.20. The van der Waals surface area contributed by atoms with Crippen molar-refractivity contribution in [1.82, 2.24) is 29.6 Å². The summed E-state index contributed by atoms with van der Waals surface area (Å²) in [6.07, 6.45) is 9.28. The summed E-state index contributed by atoms with van der Waals surface area (Å²) in [5.41, 5.74) is 9.86. The van der Waals surface area contributed by atoms with E-state index in [1.807, 2.05) is 36.0 Å². The second-order valence-corrected chi connectivity index (χ2v) is 9.32. The van der Waals surface area contributed by atoms with Crippen LogP contribution in [0.1, 0.15) is 18.0 Å². The Morgan fingerprint density at radius 1 is 1.20 bits per heavy atom. The second kappa shape index (κ2) is 8.88. The van der Waals surface area contributed by atoms with Crippen LogP contribution in [0.5, 0.6) is 0 Å². The summed E-state index contributed by atoms with van der Waals surface area (Å²) in [4.78, 5) is 15.7. The van der Waals surface area contributed by atoms with Gasteiger partial charge >= 0.3 is 0 Å². The summed E-state index contributed by atoms with van der Waals surface area (Å²) in [7, 11) is 0. The molecule has 10 nitrogen and oxygen atoms in total. The van der Waals surface area contributed by atoms with Crippen molar-refractivity contribution in [1.29, 1.82) is 0 Å². The van der Waals surface area contributed by atoms with Crippen molar-refractivity contribution in [3.8, 4) is 11.3 Å². The van der Waals surface area contributed by atoms with Crippen LogP contribution in [-0.4, -0.2) is 73.2 Å². The number of hydrogen-bond acceptors (Lipinski definition) is 9. The molecular formula is C25H28N8O2. The third-order valence-electron chi connectivity index (χ3n) is 6.99. The molecule has 4 N–H and O–H groups in total. The molecule has 4 aromatic heterocycles. The molecule has 0 spiro atoms. The second-order valence-electron chi connectivity index (χ2n) is 9.32. The van der Waals surface area contributed by atoms with E-state index in [0.717, 1.165) is 66.0 Å². The van der Waals surface area contributed by atoms with Gasteiger partial charge in [0, 0.05) is 48.8 Å². The number of aryl methyl sites for hydroxylation is 1. The number of nitrogen functional groups attached to an aromatic ring is 1. The van der Waals surface area contributed by atoms with E-state index in [1.165, 1.54) is 0 Å². The van der Waals surface area contributed by atoms with E-state index >= 15 is 0 Å². The largest absolute Gasteiger partial charge is 0.391 e. The van der Waals surface area contributed by atoms with E-state index in [1.54, 1.807) is 24.8 Å². The molecule has 6 rings (SSSR count). The smallest absolute Gasteiger partial charge is 0.133 e. The molecule has 180 valence electrons. The number of aliphatic hydroxyl groups is 1. The van der Waals surface area contributed by atoms with Crippen LogP contribution >= 0.6 is 0 Å². The number of fused-ring (bicyclic) bond motifs is 1. The number of likely N-dealkylation sites (tertiary alicyclic amines) is 1. The predicted octanol–water partition coefficient (Wildman–Crippen LogP) is 2.53. The topological polar surface area (TPSA) is 127 Å². The first-order chi connectivity index (χ1) is 17.0. The van der Waals surface area contributed by atoms with Gasteiger partial charge < -0.3 is 20.9 Å². The highest BCUT2D eigenvalue weighted by molar-refractivity contribution is 5.94. The zero-order valence-electron chi connectivity index (χ0n) is 19.5. The van der Waals surface area contributed by atoms with E-state index in [-0.39, 0.29) is 6.04 Å². The first-order valence-electron chi connectivity index (χ1n) is 11.8. The number of rotatable bonds is 5. The molecule has 4 aromatic rings. The minimum absolute atomic E-state index is 0.0967. The Morgan fingerprint density at radius 3 is 2.89 bits per heavy atom. The summed E-state index contributed by atoms with van der Waals surface area (Å²) in [5, 5.41) is 20.2. The van der Waals surface area contributed by atoms with Gasteiger partial charge in [0.05, 0.1) is 49.0 Å². The Hall–Kier alpha value is -3.60. The monoisotopic (exact) mass is 472 g/mol. The predicted molar refractivity (Wildman–Crippen MR) is 133 cm³/mol. The maximum absolute atomic E-state index is 10.6. The minimum atomic E-state index is -0.427. The number of aliphatic hydroxyl groups excluding tert-OH is 1. The Bertz CT molecular complexity index is 1370. The lowest BCUT2D eigenvalue weighted by molar-refractivity contribution is -0.0912. The molecule has 35 heavy (non-hydrogen) atoms. The van der Waals surface area contributed by atoms with E-state index < -0.39 is 6.10 Å². The van der Waals surface area contributed by atoms with Gasteiger partial charge in [-0.25, -0.2) is 9.97 Å². The van der Waals surface area contributed by atoms with Gasteiger partial charge in [-0.05, 0) is 42.5 Å². The molecule has 0 bridgehead atoms. The molecule has 0 amide bonds. The summed E-state index contributed by atoms with van der Waals surface area (Å²) >= 11 is 0. The van der Waals surface area contributed by atoms with E-state index in [4.69, 9.17) is 10.5 Å². The van der Waals surface area contributed by atoms with Crippen LogP contribution in [-0.2, 0) is 4.74 Å². The summed E-state index contributed by atoms with van der Waals surface area (Å²) in [6, 6.07) is 6.26. The van der Waals surface area contributed by atoms with Crippen LogP contribution in [0.2, 0.25) is 0 Å². The van der Waals surface area contributed by atoms with E-state index in [9.17, 15) is 5.11 Å². The Balaban J connectivity index is 1.24. The molecule has 2 atom stereocenters. The normalized spacial score (nSPS) is 21.2. The molecule has 0 unspecified atom stereocenters. The average Bonchev–Trinajstić information content (AvgIpc) is 3.27. The molecular weight excluding hydrogens is 444 g/mol. The van der Waals surface area contributed by atoms with Crippen molar-refractivity contribution in [2.45, 2.75) is 31.5 Å². The summed E-state index contributed by atoms with van der Waals surface area (Å²) in [5.74, 6) is 1.11. The van der Waals surface area contributed by atoms with Gasteiger partial charge in [-0.3, -0.25) is 14.6 Å². The van der Waals surface area contributed by atoms with Crippen molar-refractivity contribution in [2.24, 2.45) is 0 Å². The number of piperidine rings is 1. The first-order valence-corrected chi connectivity index (χ1v) is 11.8. The molecule has 2 saturated heterocycles. The van der Waals surface area contributed by atoms with Gasteiger partial charge in [0.2, 0.25) is 0 Å². The number of aromatic nitrogens is 5. The summed E-state index contributed by atoms with van der Waals surface area (Å²) < 4.78 is 7.20. The SMILES string of the molecule is Cc1ccncc1-c1cc2cc(Nc3cnn([C@@H]4CN(C5COC5)CC[C@H]4O)c3)ncc2c(N)n1. The number of nitrogens with one attached hydrogen (secondary N) is 1. The van der Waals surface area contributed by atoms with Crippen molar-refractivity contribution >= 4 is 28.1 Å². The summed E-state index contributed by atoms with van der Waals surface area (Å²) in [6.45, 7) is 5.21. The van der Waals surface area contributed by atoms with Crippen LogP contribution in [0.25, 0.3) is 22.0 Å². The van der Waals surface area contributed by atoms with Crippen LogP contribution in [0.15, 0.2) is 49.2 Å². The number of nitrogens with zero attached hydrogens (tertiary/aromatic N) is 6. The number of hydrogen-bond donors (Lipinski definition) is 3. The third-order valence-corrected chi connectivity index (χ3v) is 6.99. The number of anilines is 3. The lowest BCUT2D eigenvalue weighted by atomic mass is 10.00. The Morgan fingerprint density at radius 2 is 2.09 bits per heavy atom. The molecule has 2 aliphatic heterocycles. The molecule has 10 heteroatoms. The Labute approximate surface area is 202 Å². The fourth-order valence-corrected chi connectivity index (χ4v) is 4.81. The fourth-order valence-electron chi connectivity index (χ4n) is 4.81. The quantitative estimate of drug-likeness (QED) is 0.401. The highest BCUT2D eigenvalue weighted by Crippen LogP contribution is 2.30. The zero-order chi connectivity index (χ0) is 23.9. The van der Waals surface area contributed by atoms with Crippen molar-refractivity contribution in [3.05, 3.63) is 54.7 Å². The molecule has 2 fully saturated rings. The minimum Gasteiger partial charge on any atom is -0.391 e. The standard InChI is InChI=1S/C25H28N8O2/c1-15-2-4-27-9-19(15)21-6-16-7-24(28-10-20(16)25(26)31-21)30-17-8-29-33(11-17)22-12-32(5-3-23(22)34)18-13-35-14-18/h2,4,6-11,18,22-23,34H,3,5,12-14H2,1H3,(H2,26,31)(H,28,30)/t22-,23-/m1/s1. The van der Waals surface area contributed by atoms with Gasteiger partial charge in [-0.15, -0.1) is 0 Å². The van der Waals surface area contributed by atoms with Crippen LogP contribution in [0.3, 0.4) is 0 Å². The van der Waals surface area contributed by atoms with Crippen molar-refractivity contribution in [3.63, 3.8) is 0 Å². The molecule has 0 aromatic carbocycles. The zero-order valence-corrected chi connectivity index (χ0v) is 19.5. The maximum Gasteiger partial charge on any atom is 0.133 e. The van der Waals surface area contributed by atoms with Gasteiger partial charge in [-0.1, -0.05) is 0 Å². The van der Waals surface area contributed by atoms with Gasteiger partial charge in [0.1, 0.15) is 11.6 Å². The van der Waals surface area contributed by atoms with E-state index in [0.29, 0.717) is 17.7 Å². The van der Waals surface area contributed by atoms with Crippen molar-refractivity contribution < 1.29 is 9.84 Å². The van der Waals surface area contributed by atoms with Gasteiger partial charge in [0.15, 0.2) is 0 Å². The number of pyridine rings is 3. The van der Waals surface area contributed by atoms with Crippen LogP contribution < -0.4 is 11.1 Å². The van der Waals surface area contributed by atoms with Crippen LogP contribution in [0, 0.1) is 6.92 Å². The fraction of sp³-hybridized carbons (Fsp3) is 0.360. The molecule has 0 saturated carbocycles. The lowest BCUT2D eigenvalue weighted by Gasteiger charge is -2.43. The average molecular weight is 473 g/mol. The lowest BCUT2D eigenvalue weighted by Crippen LogP contribution is -2.55. The number of nitrogens with two attached hydrogens (primary N) is 1. The molecule has 0 aliphatic carbocycles. The maximum atomic E-state index is 10.6. The molecule has 6 heterocycles. The van der Waals surface area contributed by atoms with Crippen LogP contribution in [0.4, 0.5) is 17.3 Å².